The van der Waals surface area contributed by atoms with Gasteiger partial charge >= 0.3 is 5.69 Å². The van der Waals surface area contributed by atoms with Crippen molar-refractivity contribution in [2.75, 3.05) is 13.1 Å². The largest absolute Gasteiger partial charge is 0.328 e. The van der Waals surface area contributed by atoms with E-state index in [0.717, 1.165) is 71.6 Å². The van der Waals surface area contributed by atoms with E-state index in [-0.39, 0.29) is 17.3 Å². The molecule has 0 aliphatic carbocycles. The summed E-state index contributed by atoms with van der Waals surface area (Å²) in [5.74, 6) is 0. The number of quaternary nitrogens is 1. The Balaban J connectivity index is 1.11. The SMILES string of the molecule is [NH3+]c1ccc2[nH]c(=O)n(C3CCN(Cc4ccc(-c5nc6cc[nH]c(=O)c6cc5-c5ccccc5)cc4)CC3)c2c1. The van der Waals surface area contributed by atoms with Crippen LogP contribution >= 0.6 is 0 Å². The number of H-pyrrole nitrogens is 2. The molecule has 204 valence electrons. The summed E-state index contributed by atoms with van der Waals surface area (Å²) in [4.78, 5) is 38.4. The number of piperidine rings is 1. The second-order valence-corrected chi connectivity index (χ2v) is 10.8. The Morgan fingerprint density at radius 3 is 2.44 bits per heavy atom. The molecule has 0 unspecified atom stereocenters. The molecule has 8 nitrogen and oxygen atoms in total. The topological polar surface area (TPSA) is 114 Å². The molecular formula is C33H31N6O2+. The number of hydrogen-bond donors (Lipinski definition) is 3. The van der Waals surface area contributed by atoms with Gasteiger partial charge in [-0.1, -0.05) is 54.6 Å². The van der Waals surface area contributed by atoms with Crippen LogP contribution in [0.4, 0.5) is 5.69 Å². The van der Waals surface area contributed by atoms with Gasteiger partial charge in [0.1, 0.15) is 5.69 Å². The summed E-state index contributed by atoms with van der Waals surface area (Å²) < 4.78 is 1.92. The van der Waals surface area contributed by atoms with Crippen LogP contribution in [-0.2, 0) is 6.54 Å². The Bertz CT molecular complexity index is 1980. The van der Waals surface area contributed by atoms with Crippen molar-refractivity contribution in [1.29, 1.82) is 0 Å². The summed E-state index contributed by atoms with van der Waals surface area (Å²) >= 11 is 0. The van der Waals surface area contributed by atoms with Gasteiger partial charge in [0.25, 0.3) is 5.56 Å². The minimum absolute atomic E-state index is 0.0404. The minimum Gasteiger partial charge on any atom is -0.328 e. The van der Waals surface area contributed by atoms with E-state index >= 15 is 0 Å². The molecule has 0 bridgehead atoms. The van der Waals surface area contributed by atoms with Gasteiger partial charge in [-0.05, 0) is 42.2 Å². The number of nitrogens with one attached hydrogen (secondary N) is 2. The van der Waals surface area contributed by atoms with Crippen molar-refractivity contribution < 1.29 is 5.73 Å². The highest BCUT2D eigenvalue weighted by atomic mass is 16.1. The molecular weight excluding hydrogens is 512 g/mol. The monoisotopic (exact) mass is 543 g/mol. The first kappa shape index (κ1) is 25.2. The number of nitrogens with zero attached hydrogens (tertiary/aromatic N) is 3. The molecule has 1 fully saturated rings. The average molecular weight is 544 g/mol. The number of rotatable bonds is 5. The second kappa shape index (κ2) is 10.3. The summed E-state index contributed by atoms with van der Waals surface area (Å²) in [5.41, 5.74) is 12.3. The zero-order valence-electron chi connectivity index (χ0n) is 22.6. The molecule has 5 N–H and O–H groups in total. The predicted molar refractivity (Wildman–Crippen MR) is 162 cm³/mol. The quantitative estimate of drug-likeness (QED) is 0.295. The Kier molecular flexibility index (Phi) is 6.34. The van der Waals surface area contributed by atoms with Crippen molar-refractivity contribution in [3.8, 4) is 22.4 Å². The van der Waals surface area contributed by atoms with Crippen molar-refractivity contribution in [2.24, 2.45) is 0 Å². The van der Waals surface area contributed by atoms with Crippen LogP contribution in [0, 0.1) is 0 Å². The summed E-state index contributed by atoms with van der Waals surface area (Å²) in [6.45, 7) is 2.70. The zero-order chi connectivity index (χ0) is 27.9. The number of fused-ring (bicyclic) bond motifs is 2. The molecule has 3 aromatic carbocycles. The zero-order valence-corrected chi connectivity index (χ0v) is 22.6. The van der Waals surface area contributed by atoms with E-state index < -0.39 is 0 Å². The molecule has 0 saturated carbocycles. The van der Waals surface area contributed by atoms with Crippen molar-refractivity contribution in [1.82, 2.24) is 24.4 Å². The maximum absolute atomic E-state index is 12.7. The third-order valence-corrected chi connectivity index (χ3v) is 8.17. The van der Waals surface area contributed by atoms with Gasteiger partial charge in [0.2, 0.25) is 0 Å². The lowest BCUT2D eigenvalue weighted by Gasteiger charge is -2.32. The highest BCUT2D eigenvalue weighted by Crippen LogP contribution is 2.33. The fraction of sp³-hybridized carbons (Fsp3) is 0.182. The lowest BCUT2D eigenvalue weighted by atomic mass is 9.97. The molecule has 1 saturated heterocycles. The molecule has 4 heterocycles. The molecule has 1 aliphatic rings. The van der Waals surface area contributed by atoms with E-state index in [9.17, 15) is 9.59 Å². The van der Waals surface area contributed by atoms with Crippen molar-refractivity contribution in [3.05, 3.63) is 118 Å². The molecule has 0 atom stereocenters. The molecule has 0 amide bonds. The number of aromatic nitrogens is 4. The molecule has 8 heteroatoms. The van der Waals surface area contributed by atoms with Gasteiger partial charge in [-0.3, -0.25) is 14.3 Å². The fourth-order valence-corrected chi connectivity index (χ4v) is 6.06. The van der Waals surface area contributed by atoms with E-state index in [1.54, 1.807) is 6.20 Å². The smallest absolute Gasteiger partial charge is 0.326 e. The predicted octanol–water partition coefficient (Wildman–Crippen LogP) is 4.61. The van der Waals surface area contributed by atoms with Crippen LogP contribution in [0.25, 0.3) is 44.3 Å². The van der Waals surface area contributed by atoms with E-state index in [4.69, 9.17) is 4.98 Å². The average Bonchev–Trinajstić information content (AvgIpc) is 3.33. The first-order valence-electron chi connectivity index (χ1n) is 14.0. The number of benzene rings is 3. The number of imidazole rings is 1. The van der Waals surface area contributed by atoms with Gasteiger partial charge in [-0.15, -0.1) is 0 Å². The van der Waals surface area contributed by atoms with Crippen molar-refractivity contribution in [2.45, 2.75) is 25.4 Å². The van der Waals surface area contributed by atoms with Gasteiger partial charge in [0, 0.05) is 55.1 Å². The minimum atomic E-state index is -0.139. The van der Waals surface area contributed by atoms with E-state index in [2.05, 4.69) is 44.9 Å². The van der Waals surface area contributed by atoms with Gasteiger partial charge in [0.15, 0.2) is 0 Å². The Hall–Kier alpha value is -4.79. The van der Waals surface area contributed by atoms with Crippen LogP contribution in [0.5, 0.6) is 0 Å². The summed E-state index contributed by atoms with van der Waals surface area (Å²) in [7, 11) is 0. The summed E-state index contributed by atoms with van der Waals surface area (Å²) in [6, 6.07) is 28.5. The fourth-order valence-electron chi connectivity index (χ4n) is 6.06. The van der Waals surface area contributed by atoms with Crippen LogP contribution in [0.1, 0.15) is 24.4 Å². The van der Waals surface area contributed by atoms with E-state index in [1.165, 1.54) is 5.56 Å². The highest BCUT2D eigenvalue weighted by Gasteiger charge is 2.24. The van der Waals surface area contributed by atoms with Gasteiger partial charge in [-0.2, -0.15) is 0 Å². The van der Waals surface area contributed by atoms with Crippen LogP contribution in [0.2, 0.25) is 0 Å². The molecule has 0 spiro atoms. The molecule has 3 aromatic heterocycles. The molecule has 0 radical (unpaired) electrons. The van der Waals surface area contributed by atoms with Crippen molar-refractivity contribution >= 4 is 27.6 Å². The maximum atomic E-state index is 12.7. The van der Waals surface area contributed by atoms with Gasteiger partial charge in [0.05, 0.1) is 27.6 Å². The van der Waals surface area contributed by atoms with Crippen LogP contribution in [0.15, 0.2) is 101 Å². The van der Waals surface area contributed by atoms with Crippen LogP contribution < -0.4 is 17.0 Å². The third kappa shape index (κ3) is 4.77. The molecule has 6 aromatic rings. The Morgan fingerprint density at radius 2 is 1.66 bits per heavy atom. The van der Waals surface area contributed by atoms with Crippen molar-refractivity contribution in [3.63, 3.8) is 0 Å². The third-order valence-electron chi connectivity index (χ3n) is 8.17. The Morgan fingerprint density at radius 1 is 0.878 bits per heavy atom. The molecule has 7 rings (SSSR count). The summed E-state index contributed by atoms with van der Waals surface area (Å²) in [5, 5.41) is 0.580. The lowest BCUT2D eigenvalue weighted by Crippen LogP contribution is -2.40. The first-order valence-corrected chi connectivity index (χ1v) is 14.0. The number of hydrogen-bond acceptors (Lipinski definition) is 4. The number of pyridine rings is 2. The lowest BCUT2D eigenvalue weighted by molar-refractivity contribution is -0.254. The van der Waals surface area contributed by atoms with Crippen LogP contribution in [0.3, 0.4) is 0 Å². The summed E-state index contributed by atoms with van der Waals surface area (Å²) in [6.07, 6.45) is 3.49. The first-order chi connectivity index (χ1) is 20.0. The highest BCUT2D eigenvalue weighted by molar-refractivity contribution is 5.91. The van der Waals surface area contributed by atoms with Crippen LogP contribution in [-0.4, -0.2) is 37.5 Å². The maximum Gasteiger partial charge on any atom is 0.326 e. The number of likely N-dealkylation sites (tertiary alicyclic amines) is 1. The number of aromatic amines is 2. The van der Waals surface area contributed by atoms with Gasteiger partial charge < -0.3 is 15.7 Å². The molecule has 1 aliphatic heterocycles. The van der Waals surface area contributed by atoms with E-state index in [1.807, 2.05) is 65.2 Å². The van der Waals surface area contributed by atoms with Gasteiger partial charge in [-0.25, -0.2) is 9.78 Å². The molecule has 41 heavy (non-hydrogen) atoms. The standard InChI is InChI=1S/C33H30N6O2/c34-24-10-11-29-30(18-24)39(33(41)37-29)25-13-16-38(17-14-25)20-21-6-8-23(9-7-21)31-26(22-4-2-1-3-5-22)19-27-28(36-31)12-15-35-32(27)40/h1-12,15,18-19,25H,13-14,16-17,20,34H2,(H,35,40)(H,37,41)/p+1. The normalized spacial score (nSPS) is 14.7. The second-order valence-electron chi connectivity index (χ2n) is 10.8. The van der Waals surface area contributed by atoms with E-state index in [0.29, 0.717) is 10.9 Å². The Labute approximate surface area is 236 Å².